The summed E-state index contributed by atoms with van der Waals surface area (Å²) < 4.78 is 32.2. The average molecular weight is 440 g/mol. The number of hydrogen-bond donors (Lipinski definition) is 1. The first-order valence-corrected chi connectivity index (χ1v) is 13.7. The third-order valence-electron chi connectivity index (χ3n) is 5.69. The van der Waals surface area contributed by atoms with Crippen molar-refractivity contribution < 1.29 is 13.2 Å². The Morgan fingerprint density at radius 1 is 0.667 bits per heavy atom. The van der Waals surface area contributed by atoms with Crippen molar-refractivity contribution in [3.8, 4) is 5.75 Å². The lowest BCUT2D eigenvalue weighted by atomic mass is 10.0. The lowest BCUT2D eigenvalue weighted by Gasteiger charge is -2.07. The van der Waals surface area contributed by atoms with E-state index in [4.69, 9.17) is 4.74 Å². The predicted octanol–water partition coefficient (Wildman–Crippen LogP) is 7.24. The monoisotopic (exact) mass is 439 g/mol. The molecule has 0 atom stereocenters. The SMILES string of the molecule is CCCCCCCCCCCCCCCCCCNS(=O)(=O)c1ccc(OC)cc1. The standard InChI is InChI=1S/C25H45NO3S/c1-3-4-5-6-7-8-9-10-11-12-13-14-15-16-17-18-23-26-30(27,28)25-21-19-24(29-2)20-22-25/h19-22,26H,3-18,23H2,1-2H3. The van der Waals surface area contributed by atoms with Crippen molar-refractivity contribution in [1.29, 1.82) is 0 Å². The van der Waals surface area contributed by atoms with Crippen molar-refractivity contribution in [3.63, 3.8) is 0 Å². The normalized spacial score (nSPS) is 11.7. The molecular weight excluding hydrogens is 394 g/mol. The molecule has 4 nitrogen and oxygen atoms in total. The molecule has 0 aliphatic heterocycles. The van der Waals surface area contributed by atoms with Crippen molar-refractivity contribution in [2.45, 2.75) is 115 Å². The minimum absolute atomic E-state index is 0.291. The second-order valence-electron chi connectivity index (χ2n) is 8.38. The average Bonchev–Trinajstić information content (AvgIpc) is 2.76. The van der Waals surface area contributed by atoms with Crippen LogP contribution >= 0.6 is 0 Å². The van der Waals surface area contributed by atoms with Crippen molar-refractivity contribution in [1.82, 2.24) is 4.72 Å². The molecule has 0 fully saturated rings. The van der Waals surface area contributed by atoms with Gasteiger partial charge >= 0.3 is 0 Å². The van der Waals surface area contributed by atoms with E-state index >= 15 is 0 Å². The maximum atomic E-state index is 12.2. The summed E-state index contributed by atoms with van der Waals surface area (Å²) in [6.07, 6.45) is 21.1. The summed E-state index contributed by atoms with van der Waals surface area (Å²) in [5.74, 6) is 0.659. The Bertz CT molecular complexity index is 614. The summed E-state index contributed by atoms with van der Waals surface area (Å²) in [5.41, 5.74) is 0. The maximum Gasteiger partial charge on any atom is 0.240 e. The molecule has 0 aliphatic rings. The van der Waals surface area contributed by atoms with Gasteiger partial charge in [0.25, 0.3) is 0 Å². The first kappa shape index (κ1) is 27.0. The number of nitrogens with one attached hydrogen (secondary N) is 1. The van der Waals surface area contributed by atoms with Crippen LogP contribution < -0.4 is 9.46 Å². The second kappa shape index (κ2) is 17.6. The maximum absolute atomic E-state index is 12.2. The minimum atomic E-state index is -3.41. The fourth-order valence-electron chi connectivity index (χ4n) is 3.72. The molecule has 0 radical (unpaired) electrons. The lowest BCUT2D eigenvalue weighted by molar-refractivity contribution is 0.414. The molecule has 174 valence electrons. The highest BCUT2D eigenvalue weighted by molar-refractivity contribution is 7.89. The topological polar surface area (TPSA) is 55.4 Å². The highest BCUT2D eigenvalue weighted by atomic mass is 32.2. The molecule has 0 saturated carbocycles. The summed E-state index contributed by atoms with van der Waals surface area (Å²) in [5, 5.41) is 0. The molecule has 5 heteroatoms. The van der Waals surface area contributed by atoms with Crippen molar-refractivity contribution in [2.75, 3.05) is 13.7 Å². The molecule has 1 aromatic rings. The van der Waals surface area contributed by atoms with E-state index in [2.05, 4.69) is 11.6 Å². The van der Waals surface area contributed by atoms with Crippen LogP contribution in [0.5, 0.6) is 5.75 Å². The van der Waals surface area contributed by atoms with E-state index in [-0.39, 0.29) is 0 Å². The van der Waals surface area contributed by atoms with Gasteiger partial charge in [0.15, 0.2) is 0 Å². The largest absolute Gasteiger partial charge is 0.497 e. The lowest BCUT2D eigenvalue weighted by Crippen LogP contribution is -2.24. The van der Waals surface area contributed by atoms with Crippen molar-refractivity contribution in [3.05, 3.63) is 24.3 Å². The van der Waals surface area contributed by atoms with Crippen LogP contribution in [0.25, 0.3) is 0 Å². The summed E-state index contributed by atoms with van der Waals surface area (Å²) in [6, 6.07) is 6.50. The van der Waals surface area contributed by atoms with E-state index in [9.17, 15) is 8.42 Å². The molecular formula is C25H45NO3S. The number of ether oxygens (including phenoxy) is 1. The van der Waals surface area contributed by atoms with Gasteiger partial charge in [-0.25, -0.2) is 13.1 Å². The van der Waals surface area contributed by atoms with Crippen LogP contribution in [0.3, 0.4) is 0 Å². The summed E-state index contributed by atoms with van der Waals surface area (Å²) in [4.78, 5) is 0.291. The van der Waals surface area contributed by atoms with Crippen LogP contribution in [0.15, 0.2) is 29.2 Å². The molecule has 0 amide bonds. The quantitative estimate of drug-likeness (QED) is 0.218. The first-order chi connectivity index (χ1) is 14.6. The Morgan fingerprint density at radius 3 is 1.47 bits per heavy atom. The van der Waals surface area contributed by atoms with Gasteiger partial charge in [-0.3, -0.25) is 0 Å². The van der Waals surface area contributed by atoms with Gasteiger partial charge in [-0.2, -0.15) is 0 Å². The molecule has 0 unspecified atom stereocenters. The van der Waals surface area contributed by atoms with Crippen LogP contribution in [0.2, 0.25) is 0 Å². The fraction of sp³-hybridized carbons (Fsp3) is 0.760. The van der Waals surface area contributed by atoms with Crippen molar-refractivity contribution >= 4 is 10.0 Å². The number of benzene rings is 1. The van der Waals surface area contributed by atoms with E-state index in [1.54, 1.807) is 31.4 Å². The van der Waals surface area contributed by atoms with Gasteiger partial charge in [-0.05, 0) is 30.7 Å². The highest BCUT2D eigenvalue weighted by Crippen LogP contribution is 2.16. The van der Waals surface area contributed by atoms with Gasteiger partial charge in [0.05, 0.1) is 12.0 Å². The minimum Gasteiger partial charge on any atom is -0.497 e. The zero-order valence-corrected chi connectivity index (χ0v) is 20.3. The van der Waals surface area contributed by atoms with Gasteiger partial charge in [-0.15, -0.1) is 0 Å². The Balaban J connectivity index is 1.89. The van der Waals surface area contributed by atoms with E-state index in [1.165, 1.54) is 89.9 Å². The third-order valence-corrected chi connectivity index (χ3v) is 7.17. The van der Waals surface area contributed by atoms with E-state index in [0.29, 0.717) is 17.2 Å². The number of rotatable bonds is 20. The molecule has 0 aliphatic carbocycles. The first-order valence-electron chi connectivity index (χ1n) is 12.2. The van der Waals surface area contributed by atoms with Crippen LogP contribution in [-0.4, -0.2) is 22.1 Å². The van der Waals surface area contributed by atoms with Gasteiger partial charge < -0.3 is 4.74 Å². The Labute approximate surface area is 186 Å². The van der Waals surface area contributed by atoms with Crippen LogP contribution in [-0.2, 0) is 10.0 Å². The van der Waals surface area contributed by atoms with Gasteiger partial charge in [0.1, 0.15) is 5.75 Å². The molecule has 1 N–H and O–H groups in total. The number of hydrogen-bond acceptors (Lipinski definition) is 3. The molecule has 0 saturated heterocycles. The number of methoxy groups -OCH3 is 1. The number of unbranched alkanes of at least 4 members (excludes halogenated alkanes) is 15. The highest BCUT2D eigenvalue weighted by Gasteiger charge is 2.12. The summed E-state index contributed by atoms with van der Waals surface area (Å²) in [7, 11) is -1.84. The number of sulfonamides is 1. The molecule has 30 heavy (non-hydrogen) atoms. The molecule has 0 spiro atoms. The zero-order chi connectivity index (χ0) is 21.9. The fourth-order valence-corrected chi connectivity index (χ4v) is 4.79. The third kappa shape index (κ3) is 13.3. The molecule has 1 rings (SSSR count). The van der Waals surface area contributed by atoms with E-state index in [0.717, 1.165) is 12.8 Å². The Kier molecular flexibility index (Phi) is 15.8. The van der Waals surface area contributed by atoms with Gasteiger partial charge in [-0.1, -0.05) is 103 Å². The van der Waals surface area contributed by atoms with Gasteiger partial charge in [0, 0.05) is 6.54 Å². The smallest absolute Gasteiger partial charge is 0.240 e. The van der Waals surface area contributed by atoms with E-state index in [1.807, 2.05) is 0 Å². The van der Waals surface area contributed by atoms with Crippen LogP contribution in [0, 0.1) is 0 Å². The molecule has 0 heterocycles. The molecule has 1 aromatic carbocycles. The zero-order valence-electron chi connectivity index (χ0n) is 19.5. The Hall–Kier alpha value is -1.07. The summed E-state index contributed by atoms with van der Waals surface area (Å²) >= 11 is 0. The van der Waals surface area contributed by atoms with Crippen LogP contribution in [0.4, 0.5) is 0 Å². The van der Waals surface area contributed by atoms with Gasteiger partial charge in [0.2, 0.25) is 10.0 Å². The Morgan fingerprint density at radius 2 is 1.07 bits per heavy atom. The summed E-state index contributed by atoms with van der Waals surface area (Å²) in [6.45, 7) is 2.78. The van der Waals surface area contributed by atoms with E-state index < -0.39 is 10.0 Å². The van der Waals surface area contributed by atoms with Crippen molar-refractivity contribution in [2.24, 2.45) is 0 Å². The molecule has 0 bridgehead atoms. The predicted molar refractivity (Wildman–Crippen MR) is 128 cm³/mol. The molecule has 0 aromatic heterocycles. The second-order valence-corrected chi connectivity index (χ2v) is 10.1. The van der Waals surface area contributed by atoms with Crippen LogP contribution in [0.1, 0.15) is 110 Å².